The quantitative estimate of drug-likeness (QED) is 0.821. The van der Waals surface area contributed by atoms with Gasteiger partial charge in [0, 0.05) is 32.2 Å². The number of amides is 1. The van der Waals surface area contributed by atoms with Crippen LogP contribution in [-0.4, -0.2) is 63.4 Å². The summed E-state index contributed by atoms with van der Waals surface area (Å²) in [6.07, 6.45) is 0. The summed E-state index contributed by atoms with van der Waals surface area (Å²) in [5.74, 6) is -0.358. The van der Waals surface area contributed by atoms with Gasteiger partial charge in [-0.15, -0.1) is 0 Å². The molecule has 2 N–H and O–H groups in total. The first-order valence-electron chi connectivity index (χ1n) is 7.11. The van der Waals surface area contributed by atoms with Crippen LogP contribution in [0.3, 0.4) is 0 Å². The number of ether oxygens (including phenoxy) is 1. The van der Waals surface area contributed by atoms with E-state index in [1.54, 1.807) is 6.92 Å². The Hall–Kier alpha value is -1.35. The van der Waals surface area contributed by atoms with Crippen LogP contribution in [0.2, 0.25) is 5.02 Å². The Labute approximate surface area is 141 Å². The van der Waals surface area contributed by atoms with E-state index in [0.717, 1.165) is 0 Å². The molecule has 2 rings (SSSR count). The molecule has 128 valence electrons. The Bertz CT molecular complexity index is 700. The second-order valence-corrected chi connectivity index (χ2v) is 7.82. The standard InChI is InChI=1S/C14H20ClN3O4S/c1-10-7-11(15)13(8-12(10)22-9-14(16)19)23(20,21)18-5-3-17(2)4-6-18/h7-8H,3-6,9H2,1-2H3,(H2,16,19). The van der Waals surface area contributed by atoms with Crippen molar-refractivity contribution in [2.45, 2.75) is 11.8 Å². The lowest BCUT2D eigenvalue weighted by Crippen LogP contribution is -2.47. The van der Waals surface area contributed by atoms with E-state index < -0.39 is 15.9 Å². The van der Waals surface area contributed by atoms with E-state index in [2.05, 4.69) is 4.90 Å². The predicted molar refractivity (Wildman–Crippen MR) is 87.1 cm³/mol. The van der Waals surface area contributed by atoms with Gasteiger partial charge in [0.05, 0.1) is 5.02 Å². The Morgan fingerprint density at radius 3 is 2.48 bits per heavy atom. The van der Waals surface area contributed by atoms with E-state index in [1.165, 1.54) is 16.4 Å². The van der Waals surface area contributed by atoms with Crippen LogP contribution in [0.5, 0.6) is 5.75 Å². The first-order valence-corrected chi connectivity index (χ1v) is 8.93. The van der Waals surface area contributed by atoms with E-state index in [9.17, 15) is 13.2 Å². The van der Waals surface area contributed by atoms with Crippen molar-refractivity contribution in [3.05, 3.63) is 22.7 Å². The summed E-state index contributed by atoms with van der Waals surface area (Å²) in [6, 6.07) is 2.87. The van der Waals surface area contributed by atoms with E-state index in [0.29, 0.717) is 31.7 Å². The molecular weight excluding hydrogens is 342 g/mol. The highest BCUT2D eigenvalue weighted by Gasteiger charge is 2.30. The van der Waals surface area contributed by atoms with Crippen molar-refractivity contribution >= 4 is 27.5 Å². The predicted octanol–water partition coefficient (Wildman–Crippen LogP) is 0.449. The minimum absolute atomic E-state index is 0.0196. The van der Waals surface area contributed by atoms with Crippen molar-refractivity contribution in [1.82, 2.24) is 9.21 Å². The van der Waals surface area contributed by atoms with Gasteiger partial charge in [-0.2, -0.15) is 4.31 Å². The third-order valence-corrected chi connectivity index (χ3v) is 6.04. The smallest absolute Gasteiger partial charge is 0.255 e. The van der Waals surface area contributed by atoms with Crippen LogP contribution in [-0.2, 0) is 14.8 Å². The van der Waals surface area contributed by atoms with Gasteiger partial charge in [-0.05, 0) is 25.6 Å². The number of hydrogen-bond acceptors (Lipinski definition) is 5. The number of hydrogen-bond donors (Lipinski definition) is 1. The molecule has 0 aliphatic carbocycles. The van der Waals surface area contributed by atoms with E-state index in [1.807, 2.05) is 7.05 Å². The number of aryl methyl sites for hydroxylation is 1. The number of nitrogens with zero attached hydrogens (tertiary/aromatic N) is 2. The second kappa shape index (κ2) is 7.04. The SMILES string of the molecule is Cc1cc(Cl)c(S(=O)(=O)N2CCN(C)CC2)cc1OCC(N)=O. The molecular formula is C14H20ClN3O4S. The van der Waals surface area contributed by atoms with Gasteiger partial charge in [0.2, 0.25) is 10.0 Å². The highest BCUT2D eigenvalue weighted by molar-refractivity contribution is 7.89. The fourth-order valence-corrected chi connectivity index (χ4v) is 4.30. The number of carbonyl (C=O) groups excluding carboxylic acids is 1. The van der Waals surface area contributed by atoms with E-state index >= 15 is 0 Å². The molecule has 1 saturated heterocycles. The van der Waals surface area contributed by atoms with Crippen molar-refractivity contribution in [3.8, 4) is 5.75 Å². The number of likely N-dealkylation sites (N-methyl/N-ethyl adjacent to an activating group) is 1. The van der Waals surface area contributed by atoms with Gasteiger partial charge in [-0.3, -0.25) is 4.79 Å². The topological polar surface area (TPSA) is 92.9 Å². The molecule has 1 aliphatic rings. The van der Waals surface area contributed by atoms with Crippen LogP contribution in [0, 0.1) is 6.92 Å². The summed E-state index contributed by atoms with van der Waals surface area (Å²) in [4.78, 5) is 12.9. The van der Waals surface area contributed by atoms with Crippen LogP contribution < -0.4 is 10.5 Å². The average Bonchev–Trinajstić information content (AvgIpc) is 2.46. The highest BCUT2D eigenvalue weighted by Crippen LogP contribution is 2.32. The van der Waals surface area contributed by atoms with Crippen molar-refractivity contribution < 1.29 is 17.9 Å². The lowest BCUT2D eigenvalue weighted by molar-refractivity contribution is -0.119. The van der Waals surface area contributed by atoms with Crippen LogP contribution >= 0.6 is 11.6 Å². The molecule has 0 radical (unpaired) electrons. The maximum Gasteiger partial charge on any atom is 0.255 e. The molecule has 0 spiro atoms. The molecule has 1 aromatic rings. The number of piperazine rings is 1. The summed E-state index contributed by atoms with van der Waals surface area (Å²) in [7, 11) is -1.77. The monoisotopic (exact) mass is 361 g/mol. The molecule has 1 aromatic carbocycles. The van der Waals surface area contributed by atoms with Crippen LogP contribution in [0.15, 0.2) is 17.0 Å². The molecule has 1 aliphatic heterocycles. The first kappa shape index (κ1) is 18.0. The van der Waals surface area contributed by atoms with Crippen LogP contribution in [0.25, 0.3) is 0 Å². The molecule has 0 bridgehead atoms. The zero-order valence-corrected chi connectivity index (χ0v) is 14.7. The highest BCUT2D eigenvalue weighted by atomic mass is 35.5. The Morgan fingerprint density at radius 1 is 1.30 bits per heavy atom. The number of halogens is 1. The van der Waals surface area contributed by atoms with Crippen LogP contribution in [0.1, 0.15) is 5.56 Å². The second-order valence-electron chi connectivity index (χ2n) is 5.51. The van der Waals surface area contributed by atoms with Crippen molar-refractivity contribution in [3.63, 3.8) is 0 Å². The molecule has 0 saturated carbocycles. The van der Waals surface area contributed by atoms with Crippen molar-refractivity contribution in [1.29, 1.82) is 0 Å². The molecule has 23 heavy (non-hydrogen) atoms. The summed E-state index contributed by atoms with van der Waals surface area (Å²) in [5.41, 5.74) is 5.69. The number of nitrogens with two attached hydrogens (primary N) is 1. The lowest BCUT2D eigenvalue weighted by atomic mass is 10.2. The average molecular weight is 362 g/mol. The van der Waals surface area contributed by atoms with Crippen molar-refractivity contribution in [2.24, 2.45) is 5.73 Å². The number of sulfonamides is 1. The van der Waals surface area contributed by atoms with Gasteiger partial charge < -0.3 is 15.4 Å². The summed E-state index contributed by atoms with van der Waals surface area (Å²) < 4.78 is 32.3. The fraction of sp³-hybridized carbons (Fsp3) is 0.500. The maximum atomic E-state index is 12.8. The molecule has 0 atom stereocenters. The Kier molecular flexibility index (Phi) is 5.51. The fourth-order valence-electron chi connectivity index (χ4n) is 2.30. The third-order valence-electron chi connectivity index (χ3n) is 3.68. The molecule has 9 heteroatoms. The van der Waals surface area contributed by atoms with E-state index in [-0.39, 0.29) is 22.3 Å². The number of rotatable bonds is 5. The summed E-state index contributed by atoms with van der Waals surface area (Å²) in [6.45, 7) is 3.52. The molecule has 0 unspecified atom stereocenters. The Balaban J connectivity index is 2.33. The zero-order chi connectivity index (χ0) is 17.2. The number of benzene rings is 1. The first-order chi connectivity index (χ1) is 10.7. The molecule has 1 heterocycles. The number of carbonyl (C=O) groups is 1. The molecule has 1 amide bonds. The molecule has 0 aromatic heterocycles. The summed E-state index contributed by atoms with van der Waals surface area (Å²) in [5, 5.41) is 0.132. The third kappa shape index (κ3) is 4.14. The molecule has 7 nitrogen and oxygen atoms in total. The largest absolute Gasteiger partial charge is 0.483 e. The molecule has 1 fully saturated rings. The lowest BCUT2D eigenvalue weighted by Gasteiger charge is -2.31. The zero-order valence-electron chi connectivity index (χ0n) is 13.1. The number of primary amides is 1. The van der Waals surface area contributed by atoms with Gasteiger partial charge in [0.25, 0.3) is 5.91 Å². The van der Waals surface area contributed by atoms with Gasteiger partial charge in [-0.1, -0.05) is 11.6 Å². The van der Waals surface area contributed by atoms with Crippen LogP contribution in [0.4, 0.5) is 0 Å². The maximum absolute atomic E-state index is 12.8. The Morgan fingerprint density at radius 2 is 1.91 bits per heavy atom. The van der Waals surface area contributed by atoms with Crippen molar-refractivity contribution in [2.75, 3.05) is 39.8 Å². The van der Waals surface area contributed by atoms with Gasteiger partial charge in [0.15, 0.2) is 6.61 Å². The van der Waals surface area contributed by atoms with Gasteiger partial charge in [0.1, 0.15) is 10.6 Å². The van der Waals surface area contributed by atoms with E-state index in [4.69, 9.17) is 22.1 Å². The van der Waals surface area contributed by atoms with Gasteiger partial charge in [-0.25, -0.2) is 8.42 Å². The summed E-state index contributed by atoms with van der Waals surface area (Å²) >= 11 is 6.13. The van der Waals surface area contributed by atoms with Gasteiger partial charge >= 0.3 is 0 Å². The normalized spacial score (nSPS) is 17.2. The minimum atomic E-state index is -3.72. The minimum Gasteiger partial charge on any atom is -0.483 e.